The molecule has 1 fully saturated rings. The van der Waals surface area contributed by atoms with E-state index < -0.39 is 0 Å². The average Bonchev–Trinajstić information content (AvgIpc) is 2.95. The summed E-state index contributed by atoms with van der Waals surface area (Å²) < 4.78 is 5.34. The summed E-state index contributed by atoms with van der Waals surface area (Å²) in [6, 6.07) is 19.4. The number of carbonyl (C=O) groups is 2. The summed E-state index contributed by atoms with van der Waals surface area (Å²) in [6.45, 7) is 1.23. The number of esters is 1. The van der Waals surface area contributed by atoms with Crippen LogP contribution in [0.3, 0.4) is 0 Å². The summed E-state index contributed by atoms with van der Waals surface area (Å²) in [5, 5.41) is 0. The van der Waals surface area contributed by atoms with Crippen LogP contribution in [0.4, 0.5) is 0 Å². The van der Waals surface area contributed by atoms with Gasteiger partial charge in [0.25, 0.3) is 0 Å². The number of likely N-dealkylation sites (tertiary alicyclic amines) is 1. The highest BCUT2D eigenvalue weighted by Gasteiger charge is 2.35. The molecule has 0 radical (unpaired) electrons. The van der Waals surface area contributed by atoms with E-state index in [0.717, 1.165) is 11.1 Å². The second-order valence-electron chi connectivity index (χ2n) is 5.75. The Morgan fingerprint density at radius 2 is 1.61 bits per heavy atom. The van der Waals surface area contributed by atoms with Crippen molar-refractivity contribution < 1.29 is 14.3 Å². The number of benzene rings is 2. The second-order valence-corrected chi connectivity index (χ2v) is 5.75. The summed E-state index contributed by atoms with van der Waals surface area (Å²) in [7, 11) is 0. The van der Waals surface area contributed by atoms with Gasteiger partial charge in [0.1, 0.15) is 6.61 Å². The summed E-state index contributed by atoms with van der Waals surface area (Å²) in [6.07, 6.45) is 0.237. The van der Waals surface area contributed by atoms with Crippen LogP contribution in [0.1, 0.15) is 17.5 Å². The molecule has 0 saturated carbocycles. The monoisotopic (exact) mass is 309 g/mol. The van der Waals surface area contributed by atoms with E-state index in [0.29, 0.717) is 13.1 Å². The lowest BCUT2D eigenvalue weighted by Crippen LogP contribution is -2.26. The summed E-state index contributed by atoms with van der Waals surface area (Å²) >= 11 is 0. The Labute approximate surface area is 135 Å². The van der Waals surface area contributed by atoms with E-state index in [1.807, 2.05) is 60.7 Å². The fourth-order valence-corrected chi connectivity index (χ4v) is 2.73. The van der Waals surface area contributed by atoms with E-state index in [1.54, 1.807) is 4.90 Å². The van der Waals surface area contributed by atoms with Gasteiger partial charge in [0, 0.05) is 19.5 Å². The molecule has 4 heteroatoms. The van der Waals surface area contributed by atoms with Gasteiger partial charge in [0.15, 0.2) is 0 Å². The molecule has 118 valence electrons. The minimum absolute atomic E-state index is 0.00974. The zero-order chi connectivity index (χ0) is 16.1. The Morgan fingerprint density at radius 1 is 1.00 bits per heavy atom. The van der Waals surface area contributed by atoms with Crippen molar-refractivity contribution in [2.75, 3.05) is 6.54 Å². The largest absolute Gasteiger partial charge is 0.461 e. The fraction of sp³-hybridized carbons (Fsp3) is 0.263. The van der Waals surface area contributed by atoms with Crippen molar-refractivity contribution in [2.45, 2.75) is 19.6 Å². The van der Waals surface area contributed by atoms with E-state index >= 15 is 0 Å². The third-order valence-corrected chi connectivity index (χ3v) is 3.99. The van der Waals surface area contributed by atoms with E-state index in [4.69, 9.17) is 4.74 Å². The first-order chi connectivity index (χ1) is 11.2. The molecule has 0 aliphatic carbocycles. The first-order valence-corrected chi connectivity index (χ1v) is 7.74. The molecule has 3 rings (SSSR count). The summed E-state index contributed by atoms with van der Waals surface area (Å²) in [5.41, 5.74) is 2.02. The lowest BCUT2D eigenvalue weighted by molar-refractivity contribution is -0.149. The molecule has 1 atom stereocenters. The molecule has 1 saturated heterocycles. The lowest BCUT2D eigenvalue weighted by atomic mass is 10.1. The number of hydrogen-bond acceptors (Lipinski definition) is 3. The Bertz CT molecular complexity index is 670. The van der Waals surface area contributed by atoms with Crippen LogP contribution >= 0.6 is 0 Å². The molecule has 4 nitrogen and oxygen atoms in total. The highest BCUT2D eigenvalue weighted by Crippen LogP contribution is 2.21. The van der Waals surface area contributed by atoms with Crippen molar-refractivity contribution in [1.29, 1.82) is 0 Å². The lowest BCUT2D eigenvalue weighted by Gasteiger charge is -2.16. The SMILES string of the molecule is O=C(OCc1ccccc1)[C@H]1CC(=O)N(Cc2ccccc2)C1. The van der Waals surface area contributed by atoms with Gasteiger partial charge in [-0.15, -0.1) is 0 Å². The van der Waals surface area contributed by atoms with Gasteiger partial charge in [-0.3, -0.25) is 9.59 Å². The van der Waals surface area contributed by atoms with Crippen molar-refractivity contribution in [3.8, 4) is 0 Å². The maximum Gasteiger partial charge on any atom is 0.311 e. The maximum atomic E-state index is 12.2. The highest BCUT2D eigenvalue weighted by atomic mass is 16.5. The summed E-state index contributed by atoms with van der Waals surface area (Å²) in [4.78, 5) is 26.0. The zero-order valence-electron chi connectivity index (χ0n) is 12.9. The second kappa shape index (κ2) is 7.09. The number of nitrogens with zero attached hydrogens (tertiary/aromatic N) is 1. The van der Waals surface area contributed by atoms with Gasteiger partial charge in [-0.2, -0.15) is 0 Å². The van der Waals surface area contributed by atoms with E-state index in [9.17, 15) is 9.59 Å². The van der Waals surface area contributed by atoms with Crippen molar-refractivity contribution in [2.24, 2.45) is 5.92 Å². The molecule has 1 aliphatic heterocycles. The molecule has 2 aromatic rings. The molecule has 0 unspecified atom stereocenters. The molecule has 0 N–H and O–H groups in total. The molecule has 1 amide bonds. The molecule has 1 heterocycles. The Hall–Kier alpha value is -2.62. The Balaban J connectivity index is 1.53. The first-order valence-electron chi connectivity index (χ1n) is 7.74. The average molecular weight is 309 g/mol. The van der Waals surface area contributed by atoms with Crippen molar-refractivity contribution >= 4 is 11.9 Å². The van der Waals surface area contributed by atoms with Crippen LogP contribution in [-0.4, -0.2) is 23.3 Å². The van der Waals surface area contributed by atoms with Crippen LogP contribution in [0.15, 0.2) is 60.7 Å². The minimum atomic E-state index is -0.366. The molecule has 0 bridgehead atoms. The van der Waals surface area contributed by atoms with Gasteiger partial charge in [0.05, 0.1) is 5.92 Å². The van der Waals surface area contributed by atoms with Crippen LogP contribution in [0.2, 0.25) is 0 Å². The maximum absolute atomic E-state index is 12.2. The third kappa shape index (κ3) is 3.97. The Morgan fingerprint density at radius 3 is 2.26 bits per heavy atom. The van der Waals surface area contributed by atoms with E-state index in [1.165, 1.54) is 0 Å². The van der Waals surface area contributed by atoms with Crippen molar-refractivity contribution in [1.82, 2.24) is 4.90 Å². The Kier molecular flexibility index (Phi) is 4.71. The molecule has 1 aliphatic rings. The summed E-state index contributed by atoms with van der Waals surface area (Å²) in [5.74, 6) is -0.650. The van der Waals surface area contributed by atoms with Gasteiger partial charge < -0.3 is 9.64 Å². The van der Waals surface area contributed by atoms with Gasteiger partial charge >= 0.3 is 5.97 Å². The van der Waals surface area contributed by atoms with Crippen molar-refractivity contribution in [3.63, 3.8) is 0 Å². The molecule has 2 aromatic carbocycles. The van der Waals surface area contributed by atoms with E-state index in [2.05, 4.69) is 0 Å². The number of carbonyl (C=O) groups excluding carboxylic acids is 2. The molecular formula is C19H19NO3. The highest BCUT2D eigenvalue weighted by molar-refractivity contribution is 5.86. The number of ether oxygens (including phenoxy) is 1. The van der Waals surface area contributed by atoms with Gasteiger partial charge in [-0.25, -0.2) is 0 Å². The topological polar surface area (TPSA) is 46.6 Å². The fourth-order valence-electron chi connectivity index (χ4n) is 2.73. The number of amides is 1. The predicted molar refractivity (Wildman–Crippen MR) is 86.2 cm³/mol. The van der Waals surface area contributed by atoms with Gasteiger partial charge in [0.2, 0.25) is 5.91 Å². The normalized spacial score (nSPS) is 17.3. The standard InChI is InChI=1S/C19H19NO3/c21-18-11-17(13-20(18)12-15-7-3-1-4-8-15)19(22)23-14-16-9-5-2-6-10-16/h1-10,17H,11-14H2/t17-/m0/s1. The predicted octanol–water partition coefficient (Wildman–Crippen LogP) is 2.78. The number of hydrogen-bond donors (Lipinski definition) is 0. The first kappa shape index (κ1) is 15.3. The van der Waals surface area contributed by atoms with Crippen LogP contribution in [0.25, 0.3) is 0 Å². The van der Waals surface area contributed by atoms with Crippen LogP contribution < -0.4 is 0 Å². The minimum Gasteiger partial charge on any atom is -0.461 e. The quantitative estimate of drug-likeness (QED) is 0.798. The molecule has 23 heavy (non-hydrogen) atoms. The van der Waals surface area contributed by atoms with Crippen LogP contribution in [0.5, 0.6) is 0 Å². The van der Waals surface area contributed by atoms with Crippen LogP contribution in [-0.2, 0) is 27.5 Å². The zero-order valence-corrected chi connectivity index (χ0v) is 12.9. The third-order valence-electron chi connectivity index (χ3n) is 3.99. The van der Waals surface area contributed by atoms with E-state index in [-0.39, 0.29) is 30.8 Å². The molecule has 0 spiro atoms. The number of rotatable bonds is 5. The van der Waals surface area contributed by atoms with Gasteiger partial charge in [-0.05, 0) is 11.1 Å². The molecular weight excluding hydrogens is 290 g/mol. The van der Waals surface area contributed by atoms with Crippen LogP contribution in [0, 0.1) is 5.92 Å². The van der Waals surface area contributed by atoms with Gasteiger partial charge in [-0.1, -0.05) is 60.7 Å². The van der Waals surface area contributed by atoms with Crippen molar-refractivity contribution in [3.05, 3.63) is 71.8 Å². The smallest absolute Gasteiger partial charge is 0.311 e. The molecule has 0 aromatic heterocycles.